The van der Waals surface area contributed by atoms with Gasteiger partial charge in [0.15, 0.2) is 0 Å². The Morgan fingerprint density at radius 1 is 0.769 bits per heavy atom. The van der Waals surface area contributed by atoms with Gasteiger partial charge in [-0.2, -0.15) is 0 Å². The molecule has 0 amide bonds. The van der Waals surface area contributed by atoms with E-state index in [1.807, 2.05) is 0 Å². The number of fused-ring (bicyclic) bond motifs is 3. The molecule has 0 aliphatic heterocycles. The normalized spacial score (nSPS) is 16.7. The summed E-state index contributed by atoms with van der Waals surface area (Å²) in [4.78, 5) is 0. The van der Waals surface area contributed by atoms with Crippen LogP contribution in [0.3, 0.4) is 0 Å². The predicted molar refractivity (Wildman–Crippen MR) is 110 cm³/mol. The van der Waals surface area contributed by atoms with Gasteiger partial charge in [0.2, 0.25) is 0 Å². The Morgan fingerprint density at radius 3 is 2.19 bits per heavy atom. The minimum atomic E-state index is -0.556. The van der Waals surface area contributed by atoms with Gasteiger partial charge in [0.25, 0.3) is 0 Å². The van der Waals surface area contributed by atoms with Gasteiger partial charge in [0.05, 0.1) is 18.7 Å². The van der Waals surface area contributed by atoms with Crippen LogP contribution in [0, 0.1) is 0 Å². The molecule has 0 bridgehead atoms. The molecule has 1 nitrogen and oxygen atoms in total. The lowest BCUT2D eigenvalue weighted by Crippen LogP contribution is -1.83. The summed E-state index contributed by atoms with van der Waals surface area (Å²) < 4.78 is 88.0. The van der Waals surface area contributed by atoms with Crippen molar-refractivity contribution in [1.82, 2.24) is 0 Å². The highest BCUT2D eigenvalue weighted by atomic mass is 35.5. The highest BCUT2D eigenvalue weighted by Gasteiger charge is 2.16. The number of hydrogen-bond acceptors (Lipinski definition) is 1. The molecule has 0 fully saturated rings. The van der Waals surface area contributed by atoms with E-state index < -0.39 is 60.4 Å². The van der Waals surface area contributed by atoms with Gasteiger partial charge in [0, 0.05) is 16.3 Å². The Hall–Kier alpha value is -3.03. The van der Waals surface area contributed by atoms with Crippen molar-refractivity contribution in [2.75, 3.05) is 0 Å². The molecule has 4 aromatic carbocycles. The standard InChI is InChI=1S/C24H15ClO/c25-21-12-7-13-22-23(21)20-15-18(16-8-3-1-4-9-16)14-19(24(20)26-22)17-10-5-2-6-11-17/h1-15H/i1D,2D,3D,4D,5D,6D,8D,9D,10D,11D. The van der Waals surface area contributed by atoms with Crippen molar-refractivity contribution < 1.29 is 18.1 Å². The number of rotatable bonds is 2. The number of hydrogen-bond donors (Lipinski definition) is 0. The average molecular weight is 365 g/mol. The highest BCUT2D eigenvalue weighted by Crippen LogP contribution is 2.41. The second-order valence-corrected chi connectivity index (χ2v) is 6.02. The lowest BCUT2D eigenvalue weighted by molar-refractivity contribution is 0.670. The van der Waals surface area contributed by atoms with Crippen LogP contribution >= 0.6 is 11.6 Å². The molecule has 0 aliphatic carbocycles. The Kier molecular flexibility index (Phi) is 1.89. The maximum Gasteiger partial charge on any atom is 0.143 e. The third-order valence-electron chi connectivity index (χ3n) is 4.10. The van der Waals surface area contributed by atoms with Gasteiger partial charge in [-0.15, -0.1) is 0 Å². The molecule has 0 saturated carbocycles. The Morgan fingerprint density at radius 2 is 1.46 bits per heavy atom. The second-order valence-electron chi connectivity index (χ2n) is 5.62. The van der Waals surface area contributed by atoms with Crippen molar-refractivity contribution in [2.24, 2.45) is 0 Å². The van der Waals surface area contributed by atoms with E-state index in [9.17, 15) is 0 Å². The highest BCUT2D eigenvalue weighted by molar-refractivity contribution is 6.38. The fourth-order valence-corrected chi connectivity index (χ4v) is 3.26. The van der Waals surface area contributed by atoms with E-state index in [1.54, 1.807) is 24.3 Å². The molecular weight excluding hydrogens is 340 g/mol. The first-order chi connectivity index (χ1) is 17.0. The molecule has 2 heteroatoms. The summed E-state index contributed by atoms with van der Waals surface area (Å²) in [5.74, 6) is 0. The molecule has 5 rings (SSSR count). The van der Waals surface area contributed by atoms with Crippen molar-refractivity contribution >= 4 is 33.5 Å². The van der Waals surface area contributed by atoms with Crippen molar-refractivity contribution in [3.05, 3.63) is 95.8 Å². The molecule has 1 heterocycles. The van der Waals surface area contributed by atoms with E-state index >= 15 is 0 Å². The third-order valence-corrected chi connectivity index (χ3v) is 4.42. The number of benzene rings is 4. The van der Waals surface area contributed by atoms with Crippen LogP contribution in [-0.2, 0) is 0 Å². The van der Waals surface area contributed by atoms with Crippen LogP contribution in [0.5, 0.6) is 0 Å². The van der Waals surface area contributed by atoms with E-state index in [0.717, 1.165) is 0 Å². The van der Waals surface area contributed by atoms with Crippen molar-refractivity contribution in [3.8, 4) is 22.3 Å². The van der Waals surface area contributed by atoms with Gasteiger partial charge in [-0.3, -0.25) is 0 Å². The molecule has 1 aromatic heterocycles. The molecule has 0 spiro atoms. The summed E-state index contributed by atoms with van der Waals surface area (Å²) in [6.07, 6.45) is 0. The summed E-state index contributed by atoms with van der Waals surface area (Å²) >= 11 is 6.46. The second kappa shape index (κ2) is 6.05. The Labute approximate surface area is 170 Å². The first-order valence-electron chi connectivity index (χ1n) is 12.7. The van der Waals surface area contributed by atoms with E-state index in [-0.39, 0.29) is 27.8 Å². The third kappa shape index (κ3) is 2.40. The topological polar surface area (TPSA) is 13.1 Å². The van der Waals surface area contributed by atoms with Crippen LogP contribution in [0.15, 0.2) is 95.2 Å². The van der Waals surface area contributed by atoms with Gasteiger partial charge in [-0.05, 0) is 41.0 Å². The van der Waals surface area contributed by atoms with Crippen LogP contribution in [0.4, 0.5) is 0 Å². The molecule has 124 valence electrons. The van der Waals surface area contributed by atoms with Gasteiger partial charge in [-0.1, -0.05) is 78.1 Å². The molecule has 0 radical (unpaired) electrons. The van der Waals surface area contributed by atoms with Gasteiger partial charge >= 0.3 is 0 Å². The summed E-state index contributed by atoms with van der Waals surface area (Å²) in [5.41, 5.74) is 0.618. The first kappa shape index (κ1) is 8.11. The van der Waals surface area contributed by atoms with Crippen molar-refractivity contribution in [3.63, 3.8) is 0 Å². The molecule has 5 aromatic rings. The van der Waals surface area contributed by atoms with Crippen LogP contribution in [0.25, 0.3) is 44.2 Å². The summed E-state index contributed by atoms with van der Waals surface area (Å²) in [7, 11) is 0. The number of furan rings is 1. The number of halogens is 1. The summed E-state index contributed by atoms with van der Waals surface area (Å²) in [6.45, 7) is 0. The first-order valence-corrected chi connectivity index (χ1v) is 8.12. The van der Waals surface area contributed by atoms with Crippen LogP contribution < -0.4 is 0 Å². The van der Waals surface area contributed by atoms with E-state index in [1.165, 1.54) is 6.07 Å². The predicted octanol–water partition coefficient (Wildman–Crippen LogP) is 7.57. The van der Waals surface area contributed by atoms with Crippen LogP contribution in [-0.4, -0.2) is 0 Å². The molecule has 26 heavy (non-hydrogen) atoms. The average Bonchev–Trinajstić information content (AvgIpc) is 3.24. The van der Waals surface area contributed by atoms with Gasteiger partial charge < -0.3 is 4.42 Å². The molecule has 0 saturated heterocycles. The largest absolute Gasteiger partial charge is 0.455 e. The van der Waals surface area contributed by atoms with E-state index in [4.69, 9.17) is 29.7 Å². The minimum absolute atomic E-state index is 0.0991. The molecule has 0 atom stereocenters. The van der Waals surface area contributed by atoms with Crippen molar-refractivity contribution in [1.29, 1.82) is 0 Å². The summed E-state index contributed by atoms with van der Waals surface area (Å²) in [5, 5.41) is 1.22. The fraction of sp³-hybridized carbons (Fsp3) is 0. The lowest BCUT2D eigenvalue weighted by Gasteiger charge is -2.08. The van der Waals surface area contributed by atoms with E-state index in [2.05, 4.69) is 0 Å². The van der Waals surface area contributed by atoms with Crippen molar-refractivity contribution in [2.45, 2.75) is 0 Å². The lowest BCUT2D eigenvalue weighted by atomic mass is 9.96. The quantitative estimate of drug-likeness (QED) is 0.314. The van der Waals surface area contributed by atoms with Gasteiger partial charge in [-0.25, -0.2) is 0 Å². The minimum Gasteiger partial charge on any atom is -0.455 e. The zero-order valence-corrected chi connectivity index (χ0v) is 13.9. The zero-order chi connectivity index (χ0) is 26.2. The van der Waals surface area contributed by atoms with Crippen LogP contribution in [0.1, 0.15) is 13.7 Å². The Balaban J connectivity index is 2.02. The SMILES string of the molecule is [2H]c1c([2H])c([2H])c(-c2cc(-c3c([2H])c([2H])c([2H])c([2H])c3[2H])c3oc4cccc(Cl)c4c3c2)c([2H])c1[2H]. The zero-order valence-electron chi connectivity index (χ0n) is 23.2. The maximum absolute atomic E-state index is 8.48. The fourth-order valence-electron chi connectivity index (χ4n) is 2.99. The molecular formula is C24H15ClO. The maximum atomic E-state index is 8.48. The van der Waals surface area contributed by atoms with Gasteiger partial charge in [0.1, 0.15) is 11.2 Å². The van der Waals surface area contributed by atoms with Crippen LogP contribution in [0.2, 0.25) is 5.02 Å². The van der Waals surface area contributed by atoms with E-state index in [0.29, 0.717) is 21.4 Å². The molecule has 0 N–H and O–H groups in total. The summed E-state index contributed by atoms with van der Waals surface area (Å²) in [6, 6.07) is 2.93. The monoisotopic (exact) mass is 364 g/mol. The Bertz CT molecular complexity index is 1700. The molecule has 0 unspecified atom stereocenters. The molecule has 0 aliphatic rings. The smallest absolute Gasteiger partial charge is 0.143 e.